The fourth-order valence-electron chi connectivity index (χ4n) is 1.48. The van der Waals surface area contributed by atoms with Crippen molar-refractivity contribution < 1.29 is 19.0 Å². The Kier molecular flexibility index (Phi) is 5.45. The van der Waals surface area contributed by atoms with Gasteiger partial charge < -0.3 is 19.9 Å². The van der Waals surface area contributed by atoms with Crippen LogP contribution in [0.5, 0.6) is 5.75 Å². The van der Waals surface area contributed by atoms with Crippen molar-refractivity contribution in [1.29, 1.82) is 0 Å². The average Bonchev–Trinajstić information content (AvgIpc) is 2.37. The van der Waals surface area contributed by atoms with Crippen LogP contribution in [0.1, 0.15) is 23.7 Å². The first kappa shape index (κ1) is 14.3. The van der Waals surface area contributed by atoms with E-state index in [1.807, 2.05) is 6.92 Å². The number of carbonyl (C=O) groups excluding carboxylic acids is 1. The molecule has 100 valence electrons. The van der Waals surface area contributed by atoms with E-state index in [1.165, 1.54) is 7.11 Å². The first-order chi connectivity index (χ1) is 8.58. The molecule has 0 saturated heterocycles. The summed E-state index contributed by atoms with van der Waals surface area (Å²) < 4.78 is 15.4. The van der Waals surface area contributed by atoms with E-state index in [0.717, 1.165) is 6.42 Å². The van der Waals surface area contributed by atoms with Crippen molar-refractivity contribution in [3.63, 3.8) is 0 Å². The molecule has 1 aromatic rings. The van der Waals surface area contributed by atoms with Crippen LogP contribution in [-0.2, 0) is 9.47 Å². The van der Waals surface area contributed by atoms with Crippen LogP contribution < -0.4 is 10.5 Å². The van der Waals surface area contributed by atoms with Gasteiger partial charge in [-0.2, -0.15) is 0 Å². The normalized spacial score (nSPS) is 11.9. The van der Waals surface area contributed by atoms with Gasteiger partial charge in [-0.25, -0.2) is 4.79 Å². The predicted octanol–water partition coefficient (Wildman–Crippen LogP) is 1.86. The van der Waals surface area contributed by atoms with Gasteiger partial charge in [0.05, 0.1) is 13.2 Å². The van der Waals surface area contributed by atoms with Gasteiger partial charge in [-0.3, -0.25) is 0 Å². The van der Waals surface area contributed by atoms with E-state index in [-0.39, 0.29) is 6.10 Å². The van der Waals surface area contributed by atoms with E-state index >= 15 is 0 Å². The molecule has 0 amide bonds. The van der Waals surface area contributed by atoms with E-state index < -0.39 is 5.97 Å². The molecule has 1 unspecified atom stereocenters. The van der Waals surface area contributed by atoms with E-state index in [0.29, 0.717) is 23.6 Å². The standard InChI is InChI=1S/C13H19NO4/c1-9(6-7-16-2)18-12-5-4-10(14)8-11(12)13(15)17-3/h4-5,8-9H,6-7,14H2,1-3H3. The Hall–Kier alpha value is -1.75. The van der Waals surface area contributed by atoms with Gasteiger partial charge in [0.15, 0.2) is 0 Å². The smallest absolute Gasteiger partial charge is 0.341 e. The number of hydrogen-bond acceptors (Lipinski definition) is 5. The third-order valence-electron chi connectivity index (χ3n) is 2.47. The fourth-order valence-corrected chi connectivity index (χ4v) is 1.48. The van der Waals surface area contributed by atoms with Crippen LogP contribution in [0, 0.1) is 0 Å². The molecule has 0 aliphatic rings. The third-order valence-corrected chi connectivity index (χ3v) is 2.47. The van der Waals surface area contributed by atoms with Crippen LogP contribution in [0.2, 0.25) is 0 Å². The summed E-state index contributed by atoms with van der Waals surface area (Å²) in [5.74, 6) is 0.0101. The summed E-state index contributed by atoms with van der Waals surface area (Å²) in [7, 11) is 2.96. The summed E-state index contributed by atoms with van der Waals surface area (Å²) >= 11 is 0. The van der Waals surface area contributed by atoms with Crippen molar-refractivity contribution >= 4 is 11.7 Å². The van der Waals surface area contributed by atoms with Crippen LogP contribution in [0.25, 0.3) is 0 Å². The van der Waals surface area contributed by atoms with Crippen LogP contribution in [0.3, 0.4) is 0 Å². The lowest BCUT2D eigenvalue weighted by atomic mass is 10.1. The molecular weight excluding hydrogens is 234 g/mol. The van der Waals surface area contributed by atoms with Gasteiger partial charge >= 0.3 is 5.97 Å². The zero-order valence-electron chi connectivity index (χ0n) is 10.9. The lowest BCUT2D eigenvalue weighted by molar-refractivity contribution is 0.0592. The van der Waals surface area contributed by atoms with Gasteiger partial charge in [0.1, 0.15) is 11.3 Å². The first-order valence-electron chi connectivity index (χ1n) is 5.72. The van der Waals surface area contributed by atoms with Crippen LogP contribution in [0.15, 0.2) is 18.2 Å². The second kappa shape index (κ2) is 6.86. The minimum Gasteiger partial charge on any atom is -0.490 e. The molecule has 0 aliphatic heterocycles. The number of esters is 1. The Bertz CT molecular complexity index is 406. The van der Waals surface area contributed by atoms with E-state index in [2.05, 4.69) is 0 Å². The van der Waals surface area contributed by atoms with E-state index in [4.69, 9.17) is 19.9 Å². The molecular formula is C13H19NO4. The van der Waals surface area contributed by atoms with Gasteiger partial charge in [-0.1, -0.05) is 0 Å². The highest BCUT2D eigenvalue weighted by Crippen LogP contribution is 2.23. The molecule has 1 atom stereocenters. The molecule has 0 aromatic heterocycles. The number of rotatable bonds is 6. The van der Waals surface area contributed by atoms with Crippen LogP contribution in [0.4, 0.5) is 5.69 Å². The summed E-state index contributed by atoms with van der Waals surface area (Å²) in [4.78, 5) is 11.6. The lowest BCUT2D eigenvalue weighted by Gasteiger charge is -2.16. The zero-order valence-corrected chi connectivity index (χ0v) is 10.9. The Morgan fingerprint density at radius 3 is 2.72 bits per heavy atom. The summed E-state index contributed by atoms with van der Waals surface area (Å²) in [5, 5.41) is 0. The van der Waals surface area contributed by atoms with E-state index in [9.17, 15) is 4.79 Å². The van der Waals surface area contributed by atoms with Crippen molar-refractivity contribution in [2.24, 2.45) is 0 Å². The molecule has 1 rings (SSSR count). The number of anilines is 1. The highest BCUT2D eigenvalue weighted by molar-refractivity contribution is 5.93. The third kappa shape index (κ3) is 3.92. The Balaban J connectivity index is 2.84. The molecule has 0 spiro atoms. The molecule has 5 heteroatoms. The number of ether oxygens (including phenoxy) is 3. The monoisotopic (exact) mass is 253 g/mol. The second-order valence-corrected chi connectivity index (χ2v) is 3.96. The topological polar surface area (TPSA) is 70.8 Å². The zero-order chi connectivity index (χ0) is 13.5. The number of hydrogen-bond donors (Lipinski definition) is 1. The molecule has 0 saturated carbocycles. The first-order valence-corrected chi connectivity index (χ1v) is 5.72. The second-order valence-electron chi connectivity index (χ2n) is 3.96. The molecule has 0 aliphatic carbocycles. The predicted molar refractivity (Wildman–Crippen MR) is 68.8 cm³/mol. The number of nitrogen functional groups attached to an aromatic ring is 1. The minimum atomic E-state index is -0.462. The number of nitrogens with two attached hydrogens (primary N) is 1. The van der Waals surface area contributed by atoms with Gasteiger partial charge in [0.2, 0.25) is 0 Å². The maximum absolute atomic E-state index is 11.6. The Labute approximate surface area is 107 Å². The van der Waals surface area contributed by atoms with Gasteiger partial charge in [0.25, 0.3) is 0 Å². The van der Waals surface area contributed by atoms with Gasteiger partial charge in [-0.15, -0.1) is 0 Å². The van der Waals surface area contributed by atoms with Crippen molar-refractivity contribution in [3.05, 3.63) is 23.8 Å². The van der Waals surface area contributed by atoms with Gasteiger partial charge in [0, 0.05) is 25.8 Å². The van der Waals surface area contributed by atoms with Crippen molar-refractivity contribution in [2.45, 2.75) is 19.4 Å². The molecule has 0 radical (unpaired) electrons. The highest BCUT2D eigenvalue weighted by atomic mass is 16.5. The molecule has 1 aromatic carbocycles. The summed E-state index contributed by atoms with van der Waals surface area (Å²) in [6.07, 6.45) is 0.679. The van der Waals surface area contributed by atoms with Crippen LogP contribution >= 0.6 is 0 Å². The highest BCUT2D eigenvalue weighted by Gasteiger charge is 2.15. The molecule has 0 fully saturated rings. The summed E-state index contributed by atoms with van der Waals surface area (Å²) in [6, 6.07) is 4.90. The van der Waals surface area contributed by atoms with E-state index in [1.54, 1.807) is 25.3 Å². The average molecular weight is 253 g/mol. The summed E-state index contributed by atoms with van der Waals surface area (Å²) in [6.45, 7) is 2.51. The lowest BCUT2D eigenvalue weighted by Crippen LogP contribution is -2.16. The number of methoxy groups -OCH3 is 2. The van der Waals surface area contributed by atoms with Crippen molar-refractivity contribution in [2.75, 3.05) is 26.6 Å². The van der Waals surface area contributed by atoms with Gasteiger partial charge in [-0.05, 0) is 25.1 Å². The Morgan fingerprint density at radius 2 is 2.11 bits per heavy atom. The SMILES string of the molecule is COCCC(C)Oc1ccc(N)cc1C(=O)OC. The number of carbonyl (C=O) groups is 1. The number of benzene rings is 1. The molecule has 2 N–H and O–H groups in total. The van der Waals surface area contributed by atoms with Crippen molar-refractivity contribution in [3.8, 4) is 5.75 Å². The largest absolute Gasteiger partial charge is 0.490 e. The quantitative estimate of drug-likeness (QED) is 0.619. The fraction of sp³-hybridized carbons (Fsp3) is 0.462. The molecule has 0 heterocycles. The Morgan fingerprint density at radius 1 is 1.39 bits per heavy atom. The molecule has 5 nitrogen and oxygen atoms in total. The molecule has 18 heavy (non-hydrogen) atoms. The molecule has 0 bridgehead atoms. The maximum atomic E-state index is 11.6. The van der Waals surface area contributed by atoms with Crippen molar-refractivity contribution in [1.82, 2.24) is 0 Å². The maximum Gasteiger partial charge on any atom is 0.341 e. The van der Waals surface area contributed by atoms with Crippen LogP contribution in [-0.4, -0.2) is 32.9 Å². The summed E-state index contributed by atoms with van der Waals surface area (Å²) in [5.41, 5.74) is 6.48. The minimum absolute atomic E-state index is 0.0584.